The Hall–Kier alpha value is -0.740. The van der Waals surface area contributed by atoms with Crippen molar-refractivity contribution in [2.75, 3.05) is 34.5 Å². The second-order valence-corrected chi connectivity index (χ2v) is 16.3. The van der Waals surface area contributed by atoms with Crippen molar-refractivity contribution in [1.29, 1.82) is 0 Å². The maximum atomic E-state index is 11.3. The first-order chi connectivity index (χ1) is 18.0. The van der Waals surface area contributed by atoms with Gasteiger partial charge >= 0.3 is 0 Å². The first-order valence-corrected chi connectivity index (χ1v) is 19.6. The molecule has 8 nitrogen and oxygen atoms in total. The summed E-state index contributed by atoms with van der Waals surface area (Å²) in [7, 11) is -5.06. The van der Waals surface area contributed by atoms with Crippen molar-refractivity contribution >= 4 is 65.3 Å². The molecule has 0 fully saturated rings. The minimum atomic E-state index is -4.42. The lowest BCUT2D eigenvalue weighted by Gasteiger charge is -2.06. The molecule has 0 spiro atoms. The molecule has 38 heavy (non-hydrogen) atoms. The lowest BCUT2D eigenvalue weighted by molar-refractivity contribution is 0.440. The van der Waals surface area contributed by atoms with Crippen molar-refractivity contribution in [3.63, 3.8) is 0 Å². The number of hydrogen-bond acceptors (Lipinski definition) is 10. The molecular weight excluding hydrogens is 609 g/mol. The van der Waals surface area contributed by atoms with Gasteiger partial charge in [-0.3, -0.25) is 9.11 Å². The number of thioether (sulfide) groups is 2. The molecule has 0 aliphatic rings. The monoisotopic (exact) mass is 642 g/mol. The Morgan fingerprint density at radius 1 is 0.553 bits per heavy atom. The molecule has 0 unspecified atom stereocenters. The molecule has 214 valence electrons. The highest BCUT2D eigenvalue weighted by Crippen LogP contribution is 2.27. The zero-order chi connectivity index (χ0) is 28.0. The summed E-state index contributed by atoms with van der Waals surface area (Å²) in [6.45, 7) is 0. The van der Waals surface area contributed by atoms with Gasteiger partial charge in [-0.15, -0.1) is 0 Å². The van der Waals surface area contributed by atoms with Gasteiger partial charge in [0.25, 0.3) is 20.2 Å². The van der Waals surface area contributed by atoms with E-state index in [0.29, 0.717) is 12.8 Å². The molecule has 0 saturated carbocycles. The van der Waals surface area contributed by atoms with E-state index >= 15 is 0 Å². The smallest absolute Gasteiger partial charge is 0.298 e. The predicted molar refractivity (Wildman–Crippen MR) is 161 cm³/mol. The number of rotatable bonds is 19. The summed E-state index contributed by atoms with van der Waals surface area (Å²) in [6.07, 6.45) is 5.40. The van der Waals surface area contributed by atoms with Gasteiger partial charge in [-0.1, -0.05) is 33.7 Å². The SMILES string of the molecule is O=S(=O)(O)c1cc(CCCSCCCSSCCCSCCCc2ccc(O)c(S(=O)(=O)O)c2)ccc1O. The zero-order valence-electron chi connectivity index (χ0n) is 20.8. The summed E-state index contributed by atoms with van der Waals surface area (Å²) in [6, 6.07) is 8.58. The van der Waals surface area contributed by atoms with Gasteiger partial charge in [-0.05, 0) is 96.9 Å². The van der Waals surface area contributed by atoms with Gasteiger partial charge in [-0.2, -0.15) is 40.4 Å². The maximum Gasteiger partial charge on any atom is 0.298 e. The molecule has 0 aliphatic heterocycles. The van der Waals surface area contributed by atoms with E-state index in [0.717, 1.165) is 71.3 Å². The molecule has 0 saturated heterocycles. The number of benzene rings is 2. The average Bonchev–Trinajstić information content (AvgIpc) is 2.84. The van der Waals surface area contributed by atoms with E-state index in [9.17, 15) is 27.0 Å². The largest absolute Gasteiger partial charge is 0.506 e. The van der Waals surface area contributed by atoms with Crippen molar-refractivity contribution in [2.45, 2.75) is 48.3 Å². The average molecular weight is 643 g/mol. The van der Waals surface area contributed by atoms with Crippen molar-refractivity contribution in [3.8, 4) is 11.5 Å². The molecule has 2 aromatic rings. The molecule has 4 N–H and O–H groups in total. The molecule has 0 aromatic heterocycles. The van der Waals surface area contributed by atoms with Crippen molar-refractivity contribution in [2.24, 2.45) is 0 Å². The molecule has 0 aliphatic carbocycles. The molecule has 2 rings (SSSR count). The summed E-state index contributed by atoms with van der Waals surface area (Å²) in [5, 5.41) is 19.1. The summed E-state index contributed by atoms with van der Waals surface area (Å²) in [4.78, 5) is -0.888. The maximum absolute atomic E-state index is 11.3. The fourth-order valence-corrected chi connectivity index (χ4v) is 8.97. The van der Waals surface area contributed by atoms with Crippen LogP contribution >= 0.6 is 45.1 Å². The number of phenols is 2. The highest BCUT2D eigenvalue weighted by molar-refractivity contribution is 8.76. The van der Waals surface area contributed by atoms with Crippen LogP contribution in [-0.4, -0.2) is 70.7 Å². The number of phenolic OH excluding ortho intramolecular Hbond substituents is 2. The topological polar surface area (TPSA) is 149 Å². The van der Waals surface area contributed by atoms with Gasteiger partial charge in [0.1, 0.15) is 21.3 Å². The molecule has 2 aromatic carbocycles. The van der Waals surface area contributed by atoms with Crippen LogP contribution in [-0.2, 0) is 33.1 Å². The van der Waals surface area contributed by atoms with Crippen molar-refractivity contribution in [1.82, 2.24) is 0 Å². The normalized spacial score (nSPS) is 12.2. The summed E-state index contributed by atoms with van der Waals surface area (Å²) < 4.78 is 63.3. The molecule has 14 heteroatoms. The second kappa shape index (κ2) is 17.2. The Balaban J connectivity index is 1.41. The van der Waals surface area contributed by atoms with Gasteiger partial charge in [0.15, 0.2) is 0 Å². The lowest BCUT2D eigenvalue weighted by Crippen LogP contribution is -2.00. The van der Waals surface area contributed by atoms with Gasteiger partial charge in [0.05, 0.1) is 0 Å². The summed E-state index contributed by atoms with van der Waals surface area (Å²) in [5.74, 6) is 5.38. The Morgan fingerprint density at radius 2 is 0.921 bits per heavy atom. The van der Waals surface area contributed by atoms with Gasteiger partial charge in [0, 0.05) is 11.5 Å². The van der Waals surface area contributed by atoms with Crippen LogP contribution in [0.3, 0.4) is 0 Å². The van der Waals surface area contributed by atoms with Crippen LogP contribution in [0.1, 0.15) is 36.8 Å². The first kappa shape index (κ1) is 33.5. The number of aromatic hydroxyl groups is 2. The number of aryl methyl sites for hydroxylation is 2. The third kappa shape index (κ3) is 13.1. The second-order valence-electron chi connectivity index (χ2n) is 8.34. The van der Waals surface area contributed by atoms with E-state index in [1.165, 1.54) is 24.3 Å². The van der Waals surface area contributed by atoms with Crippen LogP contribution in [0.25, 0.3) is 0 Å². The predicted octanol–water partition coefficient (Wildman–Crippen LogP) is 5.78. The number of hydrogen-bond donors (Lipinski definition) is 4. The van der Waals surface area contributed by atoms with Crippen LogP contribution in [0.15, 0.2) is 46.2 Å². The molecule has 0 amide bonds. The molecule has 0 heterocycles. The molecule has 0 radical (unpaired) electrons. The summed E-state index contributed by atoms with van der Waals surface area (Å²) in [5.41, 5.74) is 1.54. The van der Waals surface area contributed by atoms with Crippen LogP contribution in [0.2, 0.25) is 0 Å². The zero-order valence-corrected chi connectivity index (χ0v) is 25.7. The van der Waals surface area contributed by atoms with E-state index < -0.39 is 41.5 Å². The van der Waals surface area contributed by atoms with E-state index in [-0.39, 0.29) is 0 Å². The molecule has 0 bridgehead atoms. The van der Waals surface area contributed by atoms with Crippen LogP contribution in [0.5, 0.6) is 11.5 Å². The Kier molecular flexibility index (Phi) is 15.1. The highest BCUT2D eigenvalue weighted by Gasteiger charge is 2.16. The van der Waals surface area contributed by atoms with E-state index in [2.05, 4.69) is 0 Å². The highest BCUT2D eigenvalue weighted by atomic mass is 33.1. The Labute approximate surface area is 242 Å². The van der Waals surface area contributed by atoms with E-state index in [1.54, 1.807) is 12.1 Å². The van der Waals surface area contributed by atoms with Gasteiger partial charge in [0.2, 0.25) is 0 Å². The Morgan fingerprint density at radius 3 is 1.29 bits per heavy atom. The van der Waals surface area contributed by atoms with Crippen LogP contribution < -0.4 is 0 Å². The van der Waals surface area contributed by atoms with Crippen molar-refractivity contribution < 1.29 is 36.2 Å². The van der Waals surface area contributed by atoms with E-state index in [1.807, 2.05) is 45.1 Å². The van der Waals surface area contributed by atoms with Crippen molar-refractivity contribution in [3.05, 3.63) is 47.5 Å². The van der Waals surface area contributed by atoms with E-state index in [4.69, 9.17) is 9.11 Å². The molecular formula is C24H34O8S6. The van der Waals surface area contributed by atoms with Gasteiger partial charge in [-0.25, -0.2) is 0 Å². The third-order valence-electron chi connectivity index (χ3n) is 5.23. The first-order valence-electron chi connectivity index (χ1n) is 12.0. The van der Waals surface area contributed by atoms with Gasteiger partial charge < -0.3 is 10.2 Å². The quantitative estimate of drug-likeness (QED) is 0.0835. The van der Waals surface area contributed by atoms with Crippen LogP contribution in [0, 0.1) is 0 Å². The fraction of sp³-hybridized carbons (Fsp3) is 0.500. The molecule has 0 atom stereocenters. The van der Waals surface area contributed by atoms with Crippen LogP contribution in [0.4, 0.5) is 0 Å². The summed E-state index contributed by atoms with van der Waals surface area (Å²) >= 11 is 3.74. The third-order valence-corrected chi connectivity index (χ3v) is 11.9. The standard InChI is InChI=1S/C24H34O8S6/c25-21-9-7-19(17-23(21)37(27,28)29)5-1-11-33-13-3-15-35-36-16-4-14-34-12-2-6-20-8-10-22(26)24(18-20)38(30,31)32/h7-10,17-18,25-26H,1-6,11-16H2,(H,27,28,29)(H,30,31,32). The lowest BCUT2D eigenvalue weighted by atomic mass is 10.1. The Bertz CT molecular complexity index is 1120. The fourth-order valence-electron chi connectivity index (χ4n) is 3.36. The minimum absolute atomic E-state index is 0.442. The minimum Gasteiger partial charge on any atom is -0.506 e.